The van der Waals surface area contributed by atoms with Crippen molar-refractivity contribution in [1.29, 1.82) is 0 Å². The molecule has 0 spiro atoms. The fraction of sp³-hybridized carbons (Fsp3) is 0.0870. The number of aromatic nitrogens is 2. The Morgan fingerprint density at radius 2 is 1.56 bits per heavy atom. The van der Waals surface area contributed by atoms with Crippen molar-refractivity contribution in [1.82, 2.24) is 9.78 Å². The van der Waals surface area contributed by atoms with Crippen molar-refractivity contribution >= 4 is 21.4 Å². The first kappa shape index (κ1) is 22.1. The zero-order valence-corrected chi connectivity index (χ0v) is 18.2. The van der Waals surface area contributed by atoms with Crippen LogP contribution in [-0.2, 0) is 9.84 Å². The lowest BCUT2D eigenvalue weighted by molar-refractivity contribution is 0.146. The zero-order valence-electron chi connectivity index (χ0n) is 16.6. The molecule has 0 atom stereocenters. The van der Waals surface area contributed by atoms with Crippen LogP contribution in [-0.4, -0.2) is 24.5 Å². The third-order valence-corrected chi connectivity index (χ3v) is 6.22. The molecule has 9 heteroatoms. The average Bonchev–Trinajstić information content (AvgIpc) is 3.15. The van der Waals surface area contributed by atoms with Gasteiger partial charge in [0.05, 0.1) is 16.3 Å². The molecule has 32 heavy (non-hydrogen) atoms. The molecule has 164 valence electrons. The van der Waals surface area contributed by atoms with Crippen molar-refractivity contribution in [2.45, 2.75) is 11.3 Å². The molecule has 0 N–H and O–H groups in total. The van der Waals surface area contributed by atoms with Crippen LogP contribution < -0.4 is 0 Å². The van der Waals surface area contributed by atoms with E-state index in [0.717, 1.165) is 6.26 Å². The summed E-state index contributed by atoms with van der Waals surface area (Å²) in [5.41, 5.74) is 1.17. The standard InChI is InChI=1S/C23H16ClF3N2O2S/c1-32(30,31)19-11-7-15(8-12-19)22-20(14-5-9-17(25)10-6-14)21(23(26)27)28-29(22)18-4-2-3-16(24)13-18/h2-13,23H,1H3. The molecule has 0 aliphatic carbocycles. The van der Waals surface area contributed by atoms with Crippen molar-refractivity contribution in [2.75, 3.05) is 6.26 Å². The molecular formula is C23H16ClF3N2O2S. The topological polar surface area (TPSA) is 52.0 Å². The van der Waals surface area contributed by atoms with E-state index < -0.39 is 27.8 Å². The molecule has 0 saturated carbocycles. The molecule has 0 bridgehead atoms. The van der Waals surface area contributed by atoms with Crippen LogP contribution in [0.3, 0.4) is 0 Å². The number of halogens is 4. The van der Waals surface area contributed by atoms with Gasteiger partial charge < -0.3 is 0 Å². The summed E-state index contributed by atoms with van der Waals surface area (Å²) in [6, 6.07) is 17.5. The van der Waals surface area contributed by atoms with E-state index >= 15 is 0 Å². The van der Waals surface area contributed by atoms with Crippen molar-refractivity contribution in [3.8, 4) is 28.1 Å². The van der Waals surface area contributed by atoms with E-state index in [4.69, 9.17) is 11.6 Å². The van der Waals surface area contributed by atoms with Gasteiger partial charge in [0.15, 0.2) is 9.84 Å². The van der Waals surface area contributed by atoms with E-state index in [1.54, 1.807) is 24.3 Å². The van der Waals surface area contributed by atoms with E-state index in [9.17, 15) is 21.6 Å². The van der Waals surface area contributed by atoms with Gasteiger partial charge in [0, 0.05) is 22.4 Å². The SMILES string of the molecule is CS(=O)(=O)c1ccc(-c2c(-c3ccc(F)cc3)c(C(F)F)nn2-c2cccc(Cl)c2)cc1. The number of benzene rings is 3. The van der Waals surface area contributed by atoms with Gasteiger partial charge in [-0.15, -0.1) is 0 Å². The average molecular weight is 477 g/mol. The van der Waals surface area contributed by atoms with Gasteiger partial charge in [-0.1, -0.05) is 41.9 Å². The fourth-order valence-corrected chi connectivity index (χ4v) is 4.23. The second-order valence-electron chi connectivity index (χ2n) is 7.10. The van der Waals surface area contributed by atoms with E-state index in [2.05, 4.69) is 5.10 Å². The first-order valence-electron chi connectivity index (χ1n) is 9.38. The summed E-state index contributed by atoms with van der Waals surface area (Å²) in [5, 5.41) is 4.55. The Morgan fingerprint density at radius 3 is 2.12 bits per heavy atom. The lowest BCUT2D eigenvalue weighted by atomic mass is 9.98. The smallest absolute Gasteiger partial charge is 0.232 e. The fourth-order valence-electron chi connectivity index (χ4n) is 3.41. The third kappa shape index (κ3) is 4.28. The lowest BCUT2D eigenvalue weighted by Crippen LogP contribution is -2.01. The molecule has 0 aliphatic heterocycles. The molecule has 1 heterocycles. The number of rotatable bonds is 5. The van der Waals surface area contributed by atoms with Crippen LogP contribution in [0.2, 0.25) is 5.02 Å². The number of sulfone groups is 1. The molecule has 1 aromatic heterocycles. The molecule has 0 radical (unpaired) electrons. The Hall–Kier alpha value is -3.10. The van der Waals surface area contributed by atoms with Crippen molar-refractivity contribution in [3.63, 3.8) is 0 Å². The van der Waals surface area contributed by atoms with Gasteiger partial charge in [-0.2, -0.15) is 5.10 Å². The molecule has 4 rings (SSSR count). The van der Waals surface area contributed by atoms with Crippen molar-refractivity contribution < 1.29 is 21.6 Å². The highest BCUT2D eigenvalue weighted by atomic mass is 35.5. The second kappa shape index (κ2) is 8.44. The van der Waals surface area contributed by atoms with Gasteiger partial charge in [-0.25, -0.2) is 26.3 Å². The van der Waals surface area contributed by atoms with Crippen LogP contribution in [0.1, 0.15) is 12.1 Å². The van der Waals surface area contributed by atoms with Crippen molar-refractivity contribution in [2.24, 2.45) is 0 Å². The lowest BCUT2D eigenvalue weighted by Gasteiger charge is -2.12. The Balaban J connectivity index is 2.05. The summed E-state index contributed by atoms with van der Waals surface area (Å²) in [6.07, 6.45) is -1.83. The van der Waals surface area contributed by atoms with Crippen LogP contribution in [0.25, 0.3) is 28.1 Å². The maximum atomic E-state index is 14.1. The Bertz CT molecular complexity index is 1380. The number of nitrogens with zero attached hydrogens (tertiary/aromatic N) is 2. The molecule has 0 fully saturated rings. The maximum absolute atomic E-state index is 14.1. The molecular weight excluding hydrogens is 461 g/mol. The first-order valence-corrected chi connectivity index (χ1v) is 11.7. The quantitative estimate of drug-likeness (QED) is 0.338. The van der Waals surface area contributed by atoms with Gasteiger partial charge in [-0.3, -0.25) is 0 Å². The Morgan fingerprint density at radius 1 is 0.938 bits per heavy atom. The summed E-state index contributed by atoms with van der Waals surface area (Å²) in [4.78, 5) is 0.0903. The summed E-state index contributed by atoms with van der Waals surface area (Å²) >= 11 is 6.11. The highest BCUT2D eigenvalue weighted by molar-refractivity contribution is 7.90. The maximum Gasteiger partial charge on any atom is 0.282 e. The number of hydrogen-bond donors (Lipinski definition) is 0. The van der Waals surface area contributed by atoms with Crippen LogP contribution in [0.15, 0.2) is 77.7 Å². The highest BCUT2D eigenvalue weighted by Gasteiger charge is 2.27. The van der Waals surface area contributed by atoms with E-state index in [-0.39, 0.29) is 10.5 Å². The van der Waals surface area contributed by atoms with Crippen LogP contribution in [0.4, 0.5) is 13.2 Å². The molecule has 0 saturated heterocycles. The monoisotopic (exact) mass is 476 g/mol. The first-order chi connectivity index (χ1) is 15.1. The van der Waals surface area contributed by atoms with E-state index in [0.29, 0.717) is 27.5 Å². The second-order valence-corrected chi connectivity index (χ2v) is 9.56. The summed E-state index contributed by atoms with van der Waals surface area (Å²) < 4.78 is 66.7. The summed E-state index contributed by atoms with van der Waals surface area (Å²) in [7, 11) is -3.45. The molecule has 3 aromatic carbocycles. The molecule has 0 amide bonds. The molecule has 0 unspecified atom stereocenters. The number of hydrogen-bond acceptors (Lipinski definition) is 3. The predicted molar refractivity (Wildman–Crippen MR) is 117 cm³/mol. The van der Waals surface area contributed by atoms with Crippen LogP contribution in [0.5, 0.6) is 0 Å². The summed E-state index contributed by atoms with van der Waals surface area (Å²) in [5.74, 6) is -0.506. The Labute approximate surface area is 187 Å². The number of alkyl halides is 2. The highest BCUT2D eigenvalue weighted by Crippen LogP contribution is 2.41. The normalized spacial score (nSPS) is 11.8. The minimum atomic E-state index is -3.45. The van der Waals surface area contributed by atoms with Gasteiger partial charge in [0.2, 0.25) is 0 Å². The predicted octanol–water partition coefficient (Wildman–Crippen LogP) is 6.34. The minimum Gasteiger partial charge on any atom is -0.232 e. The van der Waals surface area contributed by atoms with Gasteiger partial charge in [-0.05, 0) is 48.0 Å². The zero-order chi connectivity index (χ0) is 23.0. The van der Waals surface area contributed by atoms with Gasteiger partial charge in [0.25, 0.3) is 6.43 Å². The molecule has 4 aromatic rings. The molecule has 0 aliphatic rings. The van der Waals surface area contributed by atoms with E-state index in [1.165, 1.54) is 53.2 Å². The largest absolute Gasteiger partial charge is 0.282 e. The van der Waals surface area contributed by atoms with Crippen LogP contribution in [0, 0.1) is 5.82 Å². The van der Waals surface area contributed by atoms with E-state index in [1.807, 2.05) is 0 Å². The molecule has 4 nitrogen and oxygen atoms in total. The summed E-state index contributed by atoms with van der Waals surface area (Å²) in [6.45, 7) is 0. The van der Waals surface area contributed by atoms with Gasteiger partial charge in [0.1, 0.15) is 11.5 Å². The minimum absolute atomic E-state index is 0.0903. The third-order valence-electron chi connectivity index (χ3n) is 4.86. The van der Waals surface area contributed by atoms with Gasteiger partial charge >= 0.3 is 0 Å². The Kier molecular flexibility index (Phi) is 5.83. The van der Waals surface area contributed by atoms with Crippen LogP contribution >= 0.6 is 11.6 Å². The van der Waals surface area contributed by atoms with Crippen molar-refractivity contribution in [3.05, 3.63) is 89.3 Å².